The molecule has 0 spiro atoms. The van der Waals surface area contributed by atoms with Crippen LogP contribution in [0.3, 0.4) is 0 Å². The lowest BCUT2D eigenvalue weighted by atomic mass is 9.89. The molecule has 1 fully saturated rings. The van der Waals surface area contributed by atoms with Crippen LogP contribution in [0.15, 0.2) is 54.7 Å². The number of hydrazine groups is 1. The Labute approximate surface area is 307 Å². The molecule has 52 heavy (non-hydrogen) atoms. The Bertz CT molecular complexity index is 1420. The van der Waals surface area contributed by atoms with E-state index in [0.29, 0.717) is 12.2 Å². The Morgan fingerprint density at radius 2 is 1.38 bits per heavy atom. The maximum absolute atomic E-state index is 13.9. The molecule has 4 N–H and O–H groups in total. The molecular weight excluding hydrogens is 668 g/mol. The fraction of sp³-hybridized carbons (Fsp3) is 0.579. The molecule has 0 unspecified atom stereocenters. The fourth-order valence-corrected chi connectivity index (χ4v) is 6.26. The second-order valence-electron chi connectivity index (χ2n) is 13.9. The second kappa shape index (κ2) is 21.6. The Kier molecular flexibility index (Phi) is 17.3. The van der Waals surface area contributed by atoms with Crippen LogP contribution in [0.4, 0.5) is 9.59 Å². The number of amides is 4. The molecule has 286 valence electrons. The minimum atomic E-state index is -0.985. The van der Waals surface area contributed by atoms with Crippen molar-refractivity contribution >= 4 is 30.0 Å². The number of rotatable bonds is 18. The van der Waals surface area contributed by atoms with Crippen LogP contribution >= 0.6 is 0 Å². The van der Waals surface area contributed by atoms with Crippen molar-refractivity contribution in [1.82, 2.24) is 31.4 Å². The van der Waals surface area contributed by atoms with Crippen LogP contribution in [0.5, 0.6) is 0 Å². The first-order valence-corrected chi connectivity index (χ1v) is 18.1. The molecule has 0 radical (unpaired) electrons. The SMILES string of the molecule is COC(=O)N[C@H](C(=O)N[C@@H](Cc1ccccc1)[C@H](CN(CC1CCCCC1)NC(=O)[C@@H](NC(=O)OC)C(C)C)OC(=O)Cc1ccccn1)C(C)C. The highest BCUT2D eigenvalue weighted by Gasteiger charge is 2.35. The van der Waals surface area contributed by atoms with E-state index in [-0.39, 0.29) is 37.1 Å². The third-order valence-corrected chi connectivity index (χ3v) is 9.10. The van der Waals surface area contributed by atoms with Crippen LogP contribution in [-0.2, 0) is 41.4 Å². The van der Waals surface area contributed by atoms with Gasteiger partial charge in [0.05, 0.1) is 38.9 Å². The number of methoxy groups -OCH3 is 2. The van der Waals surface area contributed by atoms with Crippen molar-refractivity contribution in [2.24, 2.45) is 17.8 Å². The monoisotopic (exact) mass is 724 g/mol. The van der Waals surface area contributed by atoms with Crippen molar-refractivity contribution in [3.63, 3.8) is 0 Å². The van der Waals surface area contributed by atoms with E-state index in [1.807, 2.05) is 44.2 Å². The highest BCUT2D eigenvalue weighted by atomic mass is 16.5. The number of hydrogen-bond acceptors (Lipinski definition) is 10. The molecule has 0 aliphatic heterocycles. The predicted molar refractivity (Wildman–Crippen MR) is 195 cm³/mol. The molecule has 1 aromatic heterocycles. The maximum atomic E-state index is 13.9. The summed E-state index contributed by atoms with van der Waals surface area (Å²) < 4.78 is 15.8. The Balaban J connectivity index is 2.04. The summed E-state index contributed by atoms with van der Waals surface area (Å²) in [6, 6.07) is 12.0. The normalized spacial score (nSPS) is 15.6. The van der Waals surface area contributed by atoms with Crippen molar-refractivity contribution in [1.29, 1.82) is 0 Å². The van der Waals surface area contributed by atoms with Crippen LogP contribution in [0.1, 0.15) is 71.1 Å². The first-order chi connectivity index (χ1) is 24.9. The quantitative estimate of drug-likeness (QED) is 0.100. The number of pyridine rings is 1. The zero-order valence-electron chi connectivity index (χ0n) is 31.3. The van der Waals surface area contributed by atoms with E-state index in [4.69, 9.17) is 14.2 Å². The summed E-state index contributed by atoms with van der Waals surface area (Å²) in [6.45, 7) is 7.68. The van der Waals surface area contributed by atoms with Gasteiger partial charge >= 0.3 is 18.2 Å². The summed E-state index contributed by atoms with van der Waals surface area (Å²) in [7, 11) is 2.45. The third-order valence-electron chi connectivity index (χ3n) is 9.10. The molecule has 1 aliphatic rings. The van der Waals surface area contributed by atoms with E-state index in [1.54, 1.807) is 43.3 Å². The number of esters is 1. The van der Waals surface area contributed by atoms with E-state index >= 15 is 0 Å². The average Bonchev–Trinajstić information content (AvgIpc) is 3.12. The van der Waals surface area contributed by atoms with Gasteiger partial charge in [-0.05, 0) is 54.7 Å². The minimum absolute atomic E-state index is 0.00773. The summed E-state index contributed by atoms with van der Waals surface area (Å²) >= 11 is 0. The molecule has 14 nitrogen and oxygen atoms in total. The highest BCUT2D eigenvalue weighted by Crippen LogP contribution is 2.25. The molecule has 1 aromatic carbocycles. The average molecular weight is 725 g/mol. The molecule has 0 bridgehead atoms. The van der Waals surface area contributed by atoms with Crippen LogP contribution in [-0.4, -0.2) is 91.5 Å². The van der Waals surface area contributed by atoms with Gasteiger partial charge in [-0.2, -0.15) is 0 Å². The summed E-state index contributed by atoms with van der Waals surface area (Å²) in [5.41, 5.74) is 4.39. The van der Waals surface area contributed by atoms with Gasteiger partial charge in [0, 0.05) is 12.7 Å². The van der Waals surface area contributed by atoms with E-state index in [9.17, 15) is 24.0 Å². The predicted octanol–water partition coefficient (Wildman–Crippen LogP) is 3.94. The Morgan fingerprint density at radius 3 is 1.94 bits per heavy atom. The van der Waals surface area contributed by atoms with Gasteiger partial charge < -0.3 is 30.2 Å². The number of aromatic nitrogens is 1. The molecule has 3 rings (SSSR count). The number of nitrogens with zero attached hydrogens (tertiary/aromatic N) is 2. The molecule has 1 heterocycles. The van der Waals surface area contributed by atoms with Gasteiger partial charge in [-0.15, -0.1) is 0 Å². The minimum Gasteiger partial charge on any atom is -0.458 e. The first-order valence-electron chi connectivity index (χ1n) is 18.1. The number of hydrogen-bond donors (Lipinski definition) is 4. The number of benzene rings is 1. The molecule has 14 heteroatoms. The van der Waals surface area contributed by atoms with Crippen molar-refractivity contribution in [3.05, 3.63) is 66.0 Å². The standard InChI is InChI=1S/C38H56N6O8/c1-25(2)33(41-37(48)50-5)35(46)40-30(21-27-15-9-7-10-16-27)31(52-32(45)22-29-19-13-14-20-39-29)24-44(23-28-17-11-8-12-18-28)43-36(47)34(26(3)4)42-38(49)51-6/h7,9-10,13-16,19-20,25-26,28,30-31,33-34H,8,11-12,17-18,21-24H2,1-6H3,(H,40,46)(H,41,48)(H,42,49)(H,43,47)/t30-,31-,33-,34-/m0/s1. The maximum Gasteiger partial charge on any atom is 0.407 e. The Morgan fingerprint density at radius 1 is 0.788 bits per heavy atom. The largest absolute Gasteiger partial charge is 0.458 e. The molecule has 1 saturated carbocycles. The van der Waals surface area contributed by atoms with Crippen molar-refractivity contribution < 1.29 is 38.2 Å². The fourth-order valence-electron chi connectivity index (χ4n) is 6.26. The zero-order chi connectivity index (χ0) is 38.0. The van der Waals surface area contributed by atoms with Gasteiger partial charge in [0.25, 0.3) is 5.91 Å². The summed E-state index contributed by atoms with van der Waals surface area (Å²) in [6.07, 6.45) is 4.44. The van der Waals surface area contributed by atoms with Gasteiger partial charge in [-0.25, -0.2) is 14.6 Å². The summed E-state index contributed by atoms with van der Waals surface area (Å²) in [5.74, 6) is -1.85. The Hall–Kier alpha value is -4.72. The van der Waals surface area contributed by atoms with Crippen molar-refractivity contribution in [3.8, 4) is 0 Å². The smallest absolute Gasteiger partial charge is 0.407 e. The van der Waals surface area contributed by atoms with Gasteiger partial charge in [0.2, 0.25) is 5.91 Å². The zero-order valence-corrected chi connectivity index (χ0v) is 31.3. The van der Waals surface area contributed by atoms with Gasteiger partial charge in [-0.3, -0.25) is 24.8 Å². The van der Waals surface area contributed by atoms with E-state index in [0.717, 1.165) is 37.7 Å². The number of carbonyl (C=O) groups is 5. The van der Waals surface area contributed by atoms with Crippen molar-refractivity contribution in [2.45, 2.75) is 96.9 Å². The molecular formula is C38H56N6O8. The molecule has 4 atom stereocenters. The number of alkyl carbamates (subject to hydrolysis) is 2. The van der Waals surface area contributed by atoms with Crippen LogP contribution in [0, 0.1) is 17.8 Å². The number of carbonyl (C=O) groups excluding carboxylic acids is 5. The third kappa shape index (κ3) is 14.1. The molecule has 2 aromatic rings. The summed E-state index contributed by atoms with van der Waals surface area (Å²) in [4.78, 5) is 70.0. The van der Waals surface area contributed by atoms with E-state index in [2.05, 4.69) is 26.4 Å². The topological polar surface area (TPSA) is 177 Å². The van der Waals surface area contributed by atoms with Crippen molar-refractivity contribution in [2.75, 3.05) is 27.3 Å². The van der Waals surface area contributed by atoms with Gasteiger partial charge in [-0.1, -0.05) is 83.4 Å². The van der Waals surface area contributed by atoms with Crippen LogP contribution in [0.2, 0.25) is 0 Å². The van der Waals surface area contributed by atoms with Gasteiger partial charge in [0.15, 0.2) is 0 Å². The van der Waals surface area contributed by atoms with E-state index < -0.39 is 54.2 Å². The van der Waals surface area contributed by atoms with E-state index in [1.165, 1.54) is 14.2 Å². The highest BCUT2D eigenvalue weighted by molar-refractivity contribution is 5.86. The van der Waals surface area contributed by atoms with Gasteiger partial charge in [0.1, 0.15) is 18.2 Å². The van der Waals surface area contributed by atoms with Crippen LogP contribution in [0.25, 0.3) is 0 Å². The molecule has 0 saturated heterocycles. The van der Waals surface area contributed by atoms with Crippen LogP contribution < -0.4 is 21.4 Å². The lowest BCUT2D eigenvalue weighted by Gasteiger charge is -2.36. The molecule has 1 aliphatic carbocycles. The lowest BCUT2D eigenvalue weighted by Crippen LogP contribution is -2.60. The lowest BCUT2D eigenvalue weighted by molar-refractivity contribution is -0.153. The number of nitrogens with one attached hydrogen (secondary N) is 4. The first kappa shape index (κ1) is 41.7. The molecule has 4 amide bonds. The summed E-state index contributed by atoms with van der Waals surface area (Å²) in [5, 5.41) is 10.0. The second-order valence-corrected chi connectivity index (χ2v) is 13.9. The number of ether oxygens (including phenoxy) is 3.